The summed E-state index contributed by atoms with van der Waals surface area (Å²) in [7, 11) is -3.75. The Labute approximate surface area is 191 Å². The molecule has 3 heterocycles. The largest absolute Gasteiger partial charge is 0.339 e. The number of carbonyl (C=O) groups is 1. The van der Waals surface area contributed by atoms with Crippen molar-refractivity contribution in [1.82, 2.24) is 14.4 Å². The van der Waals surface area contributed by atoms with Gasteiger partial charge in [0, 0.05) is 37.1 Å². The normalized spacial score (nSPS) is 17.4. The van der Waals surface area contributed by atoms with Crippen molar-refractivity contribution in [3.05, 3.63) is 47.2 Å². The van der Waals surface area contributed by atoms with Gasteiger partial charge < -0.3 is 9.42 Å². The molecule has 1 amide bonds. The minimum absolute atomic E-state index is 0.0383. The summed E-state index contributed by atoms with van der Waals surface area (Å²) in [5.41, 5.74) is 0.828. The molecule has 10 heteroatoms. The molecule has 1 atom stereocenters. The average molecular weight is 475 g/mol. The van der Waals surface area contributed by atoms with Crippen molar-refractivity contribution in [3.63, 3.8) is 0 Å². The van der Waals surface area contributed by atoms with Gasteiger partial charge in [0.15, 0.2) is 0 Å². The fourth-order valence-electron chi connectivity index (χ4n) is 4.03. The molecule has 0 N–H and O–H groups in total. The predicted octanol–water partition coefficient (Wildman–Crippen LogP) is 3.87. The van der Waals surface area contributed by atoms with Crippen LogP contribution < -0.4 is 4.90 Å². The van der Waals surface area contributed by atoms with E-state index < -0.39 is 10.0 Å². The molecule has 1 aliphatic rings. The lowest BCUT2D eigenvalue weighted by molar-refractivity contribution is -0.123. The van der Waals surface area contributed by atoms with E-state index in [1.807, 2.05) is 37.3 Å². The van der Waals surface area contributed by atoms with Crippen LogP contribution >= 0.6 is 11.3 Å². The van der Waals surface area contributed by atoms with E-state index in [2.05, 4.69) is 10.1 Å². The molecular formula is C22H26N4O4S2. The second kappa shape index (κ2) is 9.13. The van der Waals surface area contributed by atoms with E-state index in [1.165, 1.54) is 15.6 Å². The zero-order valence-electron chi connectivity index (χ0n) is 18.3. The van der Waals surface area contributed by atoms with Gasteiger partial charge in [-0.25, -0.2) is 8.42 Å². The van der Waals surface area contributed by atoms with Crippen LogP contribution in [0.4, 0.5) is 5.69 Å². The van der Waals surface area contributed by atoms with Gasteiger partial charge in [-0.1, -0.05) is 23.4 Å². The van der Waals surface area contributed by atoms with Crippen LogP contribution in [0.25, 0.3) is 10.7 Å². The molecule has 0 unspecified atom stereocenters. The third-order valence-corrected chi connectivity index (χ3v) is 8.79. The van der Waals surface area contributed by atoms with E-state index in [9.17, 15) is 13.2 Å². The molecule has 1 aromatic carbocycles. The number of thiophene rings is 1. The first-order valence-corrected chi connectivity index (χ1v) is 12.8. The Bertz CT molecular complexity index is 1200. The summed E-state index contributed by atoms with van der Waals surface area (Å²) in [6.07, 6.45) is 1.31. The summed E-state index contributed by atoms with van der Waals surface area (Å²) in [5.74, 6) is 0.387. The Hall–Kier alpha value is -2.56. The fraction of sp³-hybridized carbons (Fsp3) is 0.409. The van der Waals surface area contributed by atoms with Gasteiger partial charge in [0.1, 0.15) is 0 Å². The highest BCUT2D eigenvalue weighted by atomic mass is 32.2. The molecule has 0 spiro atoms. The zero-order chi connectivity index (χ0) is 22.9. The molecule has 4 rings (SSSR count). The van der Waals surface area contributed by atoms with E-state index in [-0.39, 0.29) is 23.3 Å². The van der Waals surface area contributed by atoms with E-state index in [4.69, 9.17) is 4.52 Å². The maximum absolute atomic E-state index is 13.5. The van der Waals surface area contributed by atoms with Crippen molar-refractivity contribution in [2.45, 2.75) is 38.5 Å². The fourth-order valence-corrected chi connectivity index (χ4v) is 7.04. The molecule has 3 aromatic rings. The third kappa shape index (κ3) is 4.35. The number of rotatable bonds is 6. The number of benzene rings is 1. The number of aromatic nitrogens is 2. The first kappa shape index (κ1) is 22.6. The highest BCUT2D eigenvalue weighted by molar-refractivity contribution is 7.89. The molecule has 32 heavy (non-hydrogen) atoms. The maximum atomic E-state index is 13.5. The summed E-state index contributed by atoms with van der Waals surface area (Å²) in [4.78, 5) is 20.7. The smallest absolute Gasteiger partial charge is 0.244 e. The van der Waals surface area contributed by atoms with Crippen LogP contribution in [0.2, 0.25) is 0 Å². The Morgan fingerprint density at radius 1 is 1.28 bits per heavy atom. The molecule has 1 aliphatic heterocycles. The molecule has 170 valence electrons. The predicted molar refractivity (Wildman–Crippen MR) is 123 cm³/mol. The van der Waals surface area contributed by atoms with E-state index in [0.717, 1.165) is 5.69 Å². The quantitative estimate of drug-likeness (QED) is 0.538. The first-order valence-electron chi connectivity index (χ1n) is 10.6. The lowest BCUT2D eigenvalue weighted by Gasteiger charge is -2.34. The molecular weight excluding hydrogens is 448 g/mol. The molecule has 0 saturated carbocycles. The number of hydrogen-bond donors (Lipinski definition) is 0. The molecule has 0 bridgehead atoms. The average Bonchev–Trinajstić information content (AvgIpc) is 3.41. The summed E-state index contributed by atoms with van der Waals surface area (Å²) >= 11 is 1.32. The lowest BCUT2D eigenvalue weighted by Crippen LogP contribution is -2.46. The molecule has 2 aromatic heterocycles. The lowest BCUT2D eigenvalue weighted by atomic mass is 9.97. The van der Waals surface area contributed by atoms with Crippen LogP contribution in [0.1, 0.15) is 30.5 Å². The maximum Gasteiger partial charge on any atom is 0.244 e. The van der Waals surface area contributed by atoms with Gasteiger partial charge in [-0.15, -0.1) is 11.3 Å². The number of para-hydroxylation sites is 1. The van der Waals surface area contributed by atoms with E-state index >= 15 is 0 Å². The van der Waals surface area contributed by atoms with Crippen LogP contribution in [0.15, 0.2) is 45.8 Å². The van der Waals surface area contributed by atoms with Crippen molar-refractivity contribution in [2.75, 3.05) is 24.5 Å². The zero-order valence-corrected chi connectivity index (χ0v) is 19.9. The first-order chi connectivity index (χ1) is 15.3. The SMILES string of the molecule is CCN(C(=O)[C@H]1CCCN(S(=O)(=O)c2cc(-c3noc(C)n3)sc2C)C1)c1ccccc1. The number of anilines is 1. The summed E-state index contributed by atoms with van der Waals surface area (Å²) in [6.45, 7) is 6.50. The minimum atomic E-state index is -3.75. The van der Waals surface area contributed by atoms with Crippen LogP contribution in [0.3, 0.4) is 0 Å². The Morgan fingerprint density at radius 2 is 2.03 bits per heavy atom. The molecule has 0 radical (unpaired) electrons. The van der Waals surface area contributed by atoms with Crippen LogP contribution in [0.5, 0.6) is 0 Å². The number of hydrogen-bond acceptors (Lipinski definition) is 7. The highest BCUT2D eigenvalue weighted by Gasteiger charge is 2.36. The van der Waals surface area contributed by atoms with Gasteiger partial charge in [0.2, 0.25) is 27.6 Å². The molecule has 0 aliphatic carbocycles. The molecule has 1 saturated heterocycles. The number of piperidine rings is 1. The number of amides is 1. The van der Waals surface area contributed by atoms with Gasteiger partial charge in [-0.3, -0.25) is 4.79 Å². The summed E-state index contributed by atoms with van der Waals surface area (Å²) < 4.78 is 33.4. The highest BCUT2D eigenvalue weighted by Crippen LogP contribution is 2.35. The number of nitrogens with zero attached hydrogens (tertiary/aromatic N) is 4. The van der Waals surface area contributed by atoms with Crippen LogP contribution in [-0.4, -0.2) is 48.4 Å². The standard InChI is InChI=1S/C22H26N4O4S2/c1-4-26(18-10-6-5-7-11-18)22(27)17-9-8-12-25(14-17)32(28,29)20-13-19(31-15(20)2)21-23-16(3)30-24-21/h5-7,10-11,13,17H,4,8-9,12,14H2,1-3H3/t17-/m0/s1. The minimum Gasteiger partial charge on any atom is -0.339 e. The van der Waals surface area contributed by atoms with E-state index in [0.29, 0.717) is 47.4 Å². The number of sulfonamides is 1. The third-order valence-electron chi connectivity index (χ3n) is 5.62. The summed E-state index contributed by atoms with van der Waals surface area (Å²) in [5, 5.41) is 3.89. The van der Waals surface area contributed by atoms with Gasteiger partial charge in [0.05, 0.1) is 15.7 Å². The Kier molecular flexibility index (Phi) is 6.45. The number of aryl methyl sites for hydroxylation is 2. The molecule has 8 nitrogen and oxygen atoms in total. The van der Waals surface area contributed by atoms with Crippen LogP contribution in [-0.2, 0) is 14.8 Å². The van der Waals surface area contributed by atoms with Crippen molar-refractivity contribution in [2.24, 2.45) is 5.92 Å². The van der Waals surface area contributed by atoms with Crippen LogP contribution in [0, 0.1) is 19.8 Å². The van der Waals surface area contributed by atoms with Crippen molar-refractivity contribution >= 4 is 33.0 Å². The number of carbonyl (C=O) groups excluding carboxylic acids is 1. The van der Waals surface area contributed by atoms with Crippen molar-refractivity contribution in [3.8, 4) is 10.7 Å². The monoisotopic (exact) mass is 474 g/mol. The Morgan fingerprint density at radius 3 is 2.69 bits per heavy atom. The van der Waals surface area contributed by atoms with Crippen molar-refractivity contribution in [1.29, 1.82) is 0 Å². The molecule has 1 fully saturated rings. The van der Waals surface area contributed by atoms with Gasteiger partial charge in [0.25, 0.3) is 0 Å². The van der Waals surface area contributed by atoms with Gasteiger partial charge in [-0.2, -0.15) is 9.29 Å². The Balaban J connectivity index is 1.56. The topological polar surface area (TPSA) is 96.6 Å². The van der Waals surface area contributed by atoms with E-state index in [1.54, 1.807) is 24.8 Å². The second-order valence-corrected chi connectivity index (χ2v) is 11.0. The van der Waals surface area contributed by atoms with Gasteiger partial charge in [-0.05, 0) is 44.9 Å². The second-order valence-electron chi connectivity index (χ2n) is 7.79. The van der Waals surface area contributed by atoms with Gasteiger partial charge >= 0.3 is 0 Å². The van der Waals surface area contributed by atoms with Crippen molar-refractivity contribution < 1.29 is 17.7 Å². The summed E-state index contributed by atoms with van der Waals surface area (Å²) in [6, 6.07) is 11.1.